The van der Waals surface area contributed by atoms with E-state index >= 15 is 0 Å². The Balaban J connectivity index is -0.000000276. The molecule has 0 saturated carbocycles. The highest BCUT2D eigenvalue weighted by Crippen LogP contribution is 2.19. The molecule has 0 fully saturated rings. The smallest absolute Gasteiger partial charge is 0.300 e. The van der Waals surface area contributed by atoms with E-state index in [2.05, 4.69) is 36.5 Å². The lowest BCUT2D eigenvalue weighted by Crippen LogP contribution is -2.15. The lowest BCUT2D eigenvalue weighted by molar-refractivity contribution is -0.134. The average Bonchev–Trinajstić information content (AvgIpc) is 2.38. The van der Waals surface area contributed by atoms with Crippen molar-refractivity contribution in [1.29, 1.82) is 5.41 Å². The fourth-order valence-corrected chi connectivity index (χ4v) is 0.686. The van der Waals surface area contributed by atoms with E-state index in [4.69, 9.17) is 15.3 Å². The third-order valence-electron chi connectivity index (χ3n) is 2.48. The van der Waals surface area contributed by atoms with Gasteiger partial charge in [0.15, 0.2) is 0 Å². The predicted molar refractivity (Wildman–Crippen MR) is 97.1 cm³/mol. The second-order valence-electron chi connectivity index (χ2n) is 6.87. The zero-order chi connectivity index (χ0) is 20.0. The Morgan fingerprint density at radius 3 is 1.46 bits per heavy atom. The van der Waals surface area contributed by atoms with Crippen LogP contribution in [0.1, 0.15) is 61.0 Å². The van der Waals surface area contributed by atoms with Gasteiger partial charge in [-0.15, -0.1) is 0 Å². The molecule has 0 spiro atoms. The van der Waals surface area contributed by atoms with Gasteiger partial charge >= 0.3 is 0 Å². The molecule has 0 aliphatic rings. The van der Waals surface area contributed by atoms with Crippen molar-refractivity contribution in [2.45, 2.75) is 60.8 Å². The van der Waals surface area contributed by atoms with E-state index < -0.39 is 5.97 Å². The summed E-state index contributed by atoms with van der Waals surface area (Å²) in [6.45, 7) is 14.9. The van der Waals surface area contributed by atoms with Gasteiger partial charge in [0.2, 0.25) is 0 Å². The van der Waals surface area contributed by atoms with Crippen LogP contribution in [0.3, 0.4) is 0 Å². The molecule has 0 aromatic carbocycles. The summed E-state index contributed by atoms with van der Waals surface area (Å²) in [7, 11) is 0. The van der Waals surface area contributed by atoms with Gasteiger partial charge in [0.05, 0.1) is 6.34 Å². The van der Waals surface area contributed by atoms with Crippen LogP contribution >= 0.6 is 0 Å². The predicted octanol–water partition coefficient (Wildman–Crippen LogP) is 3.04. The van der Waals surface area contributed by atoms with E-state index in [0.717, 1.165) is 13.3 Å². The molecule has 0 bridgehead atoms. The first-order chi connectivity index (χ1) is 10.7. The van der Waals surface area contributed by atoms with Crippen LogP contribution < -0.4 is 5.73 Å². The minimum absolute atomic E-state index is 0.139. The van der Waals surface area contributed by atoms with E-state index in [-0.39, 0.29) is 16.6 Å². The number of rotatable bonds is 0. The molecule has 0 aliphatic carbocycles. The van der Waals surface area contributed by atoms with Gasteiger partial charge in [-0.3, -0.25) is 15.0 Å². The zero-order valence-electron chi connectivity index (χ0n) is 16.0. The molecule has 1 aromatic heterocycles. The van der Waals surface area contributed by atoms with Gasteiger partial charge in [-0.2, -0.15) is 0 Å². The van der Waals surface area contributed by atoms with E-state index in [1.165, 1.54) is 5.56 Å². The first-order valence-electron chi connectivity index (χ1n) is 7.36. The Morgan fingerprint density at radius 2 is 1.33 bits per heavy atom. The molecule has 7 nitrogen and oxygen atoms in total. The molecule has 7 heteroatoms. The number of carbonyl (C=O) groups is 2. The van der Waals surface area contributed by atoms with Gasteiger partial charge in [0.25, 0.3) is 5.97 Å². The van der Waals surface area contributed by atoms with Crippen LogP contribution in [0.2, 0.25) is 0 Å². The van der Waals surface area contributed by atoms with Crippen LogP contribution in [0, 0.1) is 10.8 Å². The molecule has 1 rings (SSSR count). The lowest BCUT2D eigenvalue weighted by atomic mass is 9.89. The second kappa shape index (κ2) is 13.2. The third-order valence-corrected chi connectivity index (χ3v) is 2.48. The summed E-state index contributed by atoms with van der Waals surface area (Å²) < 4.78 is 0. The summed E-state index contributed by atoms with van der Waals surface area (Å²) in [6.07, 6.45) is 6.01. The molecule has 0 radical (unpaired) electrons. The van der Waals surface area contributed by atoms with Crippen LogP contribution in [-0.2, 0) is 15.0 Å². The maximum atomic E-state index is 10.5. The summed E-state index contributed by atoms with van der Waals surface area (Å²) in [4.78, 5) is 27.3. The number of ketones is 1. The van der Waals surface area contributed by atoms with Gasteiger partial charge in [-0.25, -0.2) is 9.97 Å². The maximum Gasteiger partial charge on any atom is 0.300 e. The summed E-state index contributed by atoms with van der Waals surface area (Å²) in [5.74, 6) is -0.590. The third kappa shape index (κ3) is 22.0. The normalized spacial score (nSPS) is 9.67. The fraction of sp³-hybridized carbons (Fsp3) is 0.588. The molecule has 138 valence electrons. The van der Waals surface area contributed by atoms with Crippen molar-refractivity contribution in [3.05, 3.63) is 24.3 Å². The number of carboxylic acids is 1. The number of nitrogens with zero attached hydrogens (tertiary/aromatic N) is 2. The number of hydrogen-bond acceptors (Lipinski definition) is 5. The quantitative estimate of drug-likeness (QED) is 0.491. The number of Topliss-reactive ketones (excluding diaryl/α,β-unsaturated/α-hetero) is 1. The largest absolute Gasteiger partial charge is 0.481 e. The summed E-state index contributed by atoms with van der Waals surface area (Å²) in [5, 5.41) is 13.3. The van der Waals surface area contributed by atoms with Crippen molar-refractivity contribution in [3.8, 4) is 0 Å². The summed E-state index contributed by atoms with van der Waals surface area (Å²) in [6, 6.07) is 0. The number of hydrogen-bond donors (Lipinski definition) is 3. The summed E-state index contributed by atoms with van der Waals surface area (Å²) in [5.41, 5.74) is 5.59. The Kier molecular flexibility index (Phi) is 14.6. The van der Waals surface area contributed by atoms with Gasteiger partial charge in [0, 0.05) is 24.7 Å². The van der Waals surface area contributed by atoms with Crippen LogP contribution in [0.5, 0.6) is 0 Å². The van der Waals surface area contributed by atoms with Crippen molar-refractivity contribution in [2.24, 2.45) is 11.1 Å². The van der Waals surface area contributed by atoms with E-state index in [0.29, 0.717) is 0 Å². The average molecular weight is 340 g/mol. The van der Waals surface area contributed by atoms with Gasteiger partial charge in [-0.1, -0.05) is 41.5 Å². The van der Waals surface area contributed by atoms with Gasteiger partial charge in [-0.05, 0) is 17.9 Å². The van der Waals surface area contributed by atoms with Crippen LogP contribution in [0.25, 0.3) is 0 Å². The number of carboxylic acid groups (broad SMARTS) is 1. The molecule has 0 atom stereocenters. The molecule has 24 heavy (non-hydrogen) atoms. The number of aliphatic carboxylic acids is 1. The molecule has 0 amide bonds. The lowest BCUT2D eigenvalue weighted by Gasteiger charge is -2.16. The van der Waals surface area contributed by atoms with Crippen LogP contribution in [0.15, 0.2) is 18.7 Å². The minimum Gasteiger partial charge on any atom is -0.481 e. The SMILES string of the molecule is CC(=O)C(C)(C)C.CC(=O)O.CC(C)(C)c1cncnc1.N=CN. The summed E-state index contributed by atoms with van der Waals surface area (Å²) >= 11 is 0. The van der Waals surface area contributed by atoms with Crippen molar-refractivity contribution >= 4 is 18.1 Å². The first-order valence-corrected chi connectivity index (χ1v) is 7.36. The number of carbonyl (C=O) groups excluding carboxylic acids is 1. The maximum absolute atomic E-state index is 10.5. The monoisotopic (exact) mass is 340 g/mol. The molecule has 0 aliphatic heterocycles. The molecular weight excluding hydrogens is 308 g/mol. The highest BCUT2D eigenvalue weighted by molar-refractivity contribution is 5.80. The van der Waals surface area contributed by atoms with E-state index in [1.54, 1.807) is 13.3 Å². The Labute approximate surface area is 145 Å². The molecule has 1 aromatic rings. The van der Waals surface area contributed by atoms with E-state index in [1.807, 2.05) is 33.2 Å². The Hall–Kier alpha value is -2.31. The Bertz CT molecular complexity index is 471. The van der Waals surface area contributed by atoms with Crippen molar-refractivity contribution < 1.29 is 14.7 Å². The fourth-order valence-electron chi connectivity index (χ4n) is 0.686. The highest BCUT2D eigenvalue weighted by Gasteiger charge is 2.14. The molecule has 0 saturated heterocycles. The van der Waals surface area contributed by atoms with Crippen molar-refractivity contribution in [2.75, 3.05) is 0 Å². The standard InChI is InChI=1S/C8H12N2.C6H12O.C2H4O2.CH4N2/c1-8(2,3)7-4-9-6-10-5-7;1-5(7)6(2,3)4;1-2(3)4;2-1-3/h4-6H,1-3H3;1-4H3;1H3,(H,3,4);1H,(H3,2,3). The molecule has 4 N–H and O–H groups in total. The van der Waals surface area contributed by atoms with E-state index in [9.17, 15) is 4.79 Å². The minimum atomic E-state index is -0.833. The Morgan fingerprint density at radius 1 is 1.08 bits per heavy atom. The topological polar surface area (TPSA) is 130 Å². The second-order valence-corrected chi connectivity index (χ2v) is 6.87. The van der Waals surface area contributed by atoms with Gasteiger partial charge < -0.3 is 10.8 Å². The number of nitrogens with one attached hydrogen (secondary N) is 1. The number of nitrogens with two attached hydrogens (primary N) is 1. The molecule has 0 unspecified atom stereocenters. The van der Waals surface area contributed by atoms with Gasteiger partial charge in [0.1, 0.15) is 12.1 Å². The first kappa shape index (κ1) is 26.6. The van der Waals surface area contributed by atoms with Crippen LogP contribution in [0.4, 0.5) is 0 Å². The molecule has 1 heterocycles. The molecular formula is C17H32N4O3. The van der Waals surface area contributed by atoms with Crippen LogP contribution in [-0.4, -0.2) is 33.2 Å². The van der Waals surface area contributed by atoms with Crippen molar-refractivity contribution in [3.63, 3.8) is 0 Å². The zero-order valence-corrected chi connectivity index (χ0v) is 16.0. The van der Waals surface area contributed by atoms with Crippen molar-refractivity contribution in [1.82, 2.24) is 9.97 Å². The highest BCUT2D eigenvalue weighted by atomic mass is 16.4. The number of aromatic nitrogens is 2.